The van der Waals surface area contributed by atoms with E-state index in [-0.39, 0.29) is 0 Å². The minimum absolute atomic E-state index is 0.430. The van der Waals surface area contributed by atoms with E-state index in [1.54, 1.807) is 14.2 Å². The van der Waals surface area contributed by atoms with Gasteiger partial charge in [0.2, 0.25) is 0 Å². The molecule has 0 atom stereocenters. The van der Waals surface area contributed by atoms with E-state index in [0.717, 1.165) is 6.54 Å². The van der Waals surface area contributed by atoms with Crippen LogP contribution in [0.15, 0.2) is 0 Å². The molecule has 0 radical (unpaired) electrons. The molecule has 0 aromatic carbocycles. The zero-order valence-corrected chi connectivity index (χ0v) is 10.5. The van der Waals surface area contributed by atoms with Crippen molar-refractivity contribution in [1.29, 1.82) is 0 Å². The van der Waals surface area contributed by atoms with Crippen molar-refractivity contribution in [3.8, 4) is 0 Å². The maximum absolute atomic E-state index is 5.50. The topological polar surface area (TPSA) is 30.5 Å². The predicted octanol–water partition coefficient (Wildman–Crippen LogP) is 2.02. The summed E-state index contributed by atoms with van der Waals surface area (Å²) < 4.78 is 11.0. The molecule has 0 aliphatic heterocycles. The minimum atomic E-state index is -2.11. The van der Waals surface area contributed by atoms with Crippen molar-refractivity contribution in [3.05, 3.63) is 0 Å². The number of hydrogen-bond acceptors (Lipinski definition) is 3. The van der Waals surface area contributed by atoms with E-state index in [1.807, 2.05) is 0 Å². The van der Waals surface area contributed by atoms with Crippen molar-refractivity contribution in [2.45, 2.75) is 39.2 Å². The van der Waals surface area contributed by atoms with Gasteiger partial charge in [0, 0.05) is 19.8 Å². The van der Waals surface area contributed by atoms with E-state index in [1.165, 1.54) is 12.8 Å². The molecule has 0 heterocycles. The average molecular weight is 205 g/mol. The van der Waals surface area contributed by atoms with Crippen molar-refractivity contribution in [1.82, 2.24) is 4.98 Å². The van der Waals surface area contributed by atoms with Gasteiger partial charge in [0.25, 0.3) is 0 Å². The van der Waals surface area contributed by atoms with Crippen LogP contribution in [0.4, 0.5) is 0 Å². The predicted molar refractivity (Wildman–Crippen MR) is 57.8 cm³/mol. The minimum Gasteiger partial charge on any atom is -0.386 e. The average Bonchev–Trinajstić information content (AvgIpc) is 2.13. The Morgan fingerprint density at radius 2 is 1.77 bits per heavy atom. The first-order valence-electron chi connectivity index (χ1n) is 4.98. The molecule has 0 fully saturated rings. The summed E-state index contributed by atoms with van der Waals surface area (Å²) in [6, 6.07) is 0. The quantitative estimate of drug-likeness (QED) is 0.509. The molecule has 0 aliphatic carbocycles. The molecule has 0 bridgehead atoms. The fourth-order valence-electron chi connectivity index (χ4n) is 1.34. The Bertz CT molecular complexity index is 127. The highest BCUT2D eigenvalue weighted by molar-refractivity contribution is 6.66. The summed E-state index contributed by atoms with van der Waals surface area (Å²) in [5.74, 6) is 0. The second-order valence-electron chi connectivity index (χ2n) is 3.51. The second kappa shape index (κ2) is 6.54. The molecule has 0 saturated heterocycles. The van der Waals surface area contributed by atoms with Crippen molar-refractivity contribution in [2.75, 3.05) is 20.8 Å². The number of nitrogens with one attached hydrogen (secondary N) is 1. The highest BCUT2D eigenvalue weighted by Gasteiger charge is 2.39. The van der Waals surface area contributed by atoms with E-state index in [0.29, 0.717) is 5.54 Å². The second-order valence-corrected chi connectivity index (χ2v) is 7.17. The molecule has 0 rings (SSSR count). The van der Waals surface area contributed by atoms with Crippen molar-refractivity contribution in [3.63, 3.8) is 0 Å². The summed E-state index contributed by atoms with van der Waals surface area (Å²) in [7, 11) is 1.35. The first-order valence-corrected chi connectivity index (χ1v) is 6.87. The SMILES string of the molecule is CCCCN[Si](OC)(OC)C(C)C. The van der Waals surface area contributed by atoms with E-state index in [9.17, 15) is 0 Å². The first kappa shape index (κ1) is 13.1. The Kier molecular flexibility index (Phi) is 6.58. The summed E-state index contributed by atoms with van der Waals surface area (Å²) >= 11 is 0. The van der Waals surface area contributed by atoms with Crippen molar-refractivity contribution in [2.24, 2.45) is 0 Å². The number of hydrogen-bond donors (Lipinski definition) is 1. The van der Waals surface area contributed by atoms with Gasteiger partial charge in [-0.1, -0.05) is 27.2 Å². The Labute approximate surface area is 83.1 Å². The molecule has 4 heteroatoms. The third kappa shape index (κ3) is 3.77. The maximum atomic E-state index is 5.50. The van der Waals surface area contributed by atoms with Crippen LogP contribution >= 0.6 is 0 Å². The summed E-state index contributed by atoms with van der Waals surface area (Å²) in [6.07, 6.45) is 2.37. The number of unbranched alkanes of at least 4 members (excludes halogenated alkanes) is 1. The van der Waals surface area contributed by atoms with Gasteiger partial charge < -0.3 is 8.85 Å². The van der Waals surface area contributed by atoms with Gasteiger partial charge in [0.1, 0.15) is 0 Å². The summed E-state index contributed by atoms with van der Waals surface area (Å²) in [4.78, 5) is 3.43. The van der Waals surface area contributed by atoms with Crippen LogP contribution in [0.5, 0.6) is 0 Å². The van der Waals surface area contributed by atoms with Crippen LogP contribution in [-0.4, -0.2) is 29.5 Å². The van der Waals surface area contributed by atoms with Gasteiger partial charge in [-0.15, -0.1) is 0 Å². The van der Waals surface area contributed by atoms with Gasteiger partial charge in [0.05, 0.1) is 0 Å². The summed E-state index contributed by atoms with van der Waals surface area (Å²) in [5, 5.41) is 0. The Morgan fingerprint density at radius 3 is 2.08 bits per heavy atom. The normalized spacial score (nSPS) is 12.5. The first-order chi connectivity index (χ1) is 6.13. The van der Waals surface area contributed by atoms with E-state index in [2.05, 4.69) is 25.8 Å². The molecule has 0 aromatic rings. The smallest absolute Gasteiger partial charge is 0.386 e. The summed E-state index contributed by atoms with van der Waals surface area (Å²) in [6.45, 7) is 7.44. The molecule has 0 amide bonds. The van der Waals surface area contributed by atoms with Crippen LogP contribution < -0.4 is 4.98 Å². The zero-order valence-electron chi connectivity index (χ0n) is 9.52. The molecule has 80 valence electrons. The molecule has 0 aliphatic rings. The van der Waals surface area contributed by atoms with Crippen LogP contribution in [0.1, 0.15) is 33.6 Å². The maximum Gasteiger partial charge on any atom is 0.427 e. The van der Waals surface area contributed by atoms with Crippen molar-refractivity contribution >= 4 is 8.72 Å². The van der Waals surface area contributed by atoms with Gasteiger partial charge in [-0.05, 0) is 13.0 Å². The highest BCUT2D eigenvalue weighted by Crippen LogP contribution is 2.18. The molecule has 0 saturated carbocycles. The highest BCUT2D eigenvalue weighted by atomic mass is 28.4. The monoisotopic (exact) mass is 205 g/mol. The van der Waals surface area contributed by atoms with E-state index >= 15 is 0 Å². The number of rotatable bonds is 7. The van der Waals surface area contributed by atoms with Gasteiger partial charge >= 0.3 is 8.72 Å². The molecular weight excluding hydrogens is 182 g/mol. The van der Waals surface area contributed by atoms with Gasteiger partial charge in [-0.3, -0.25) is 4.98 Å². The van der Waals surface area contributed by atoms with Gasteiger partial charge in [-0.2, -0.15) is 0 Å². The van der Waals surface area contributed by atoms with Crippen molar-refractivity contribution < 1.29 is 8.85 Å². The third-order valence-electron chi connectivity index (χ3n) is 2.27. The fraction of sp³-hybridized carbons (Fsp3) is 1.00. The van der Waals surface area contributed by atoms with Crippen LogP contribution in [-0.2, 0) is 8.85 Å². The Balaban J connectivity index is 4.06. The molecule has 13 heavy (non-hydrogen) atoms. The Morgan fingerprint density at radius 1 is 1.23 bits per heavy atom. The summed E-state index contributed by atoms with van der Waals surface area (Å²) in [5.41, 5.74) is 0.430. The van der Waals surface area contributed by atoms with E-state index < -0.39 is 8.72 Å². The van der Waals surface area contributed by atoms with Gasteiger partial charge in [-0.25, -0.2) is 0 Å². The molecule has 0 unspecified atom stereocenters. The lowest BCUT2D eigenvalue weighted by Crippen LogP contribution is -2.57. The lowest BCUT2D eigenvalue weighted by atomic mass is 10.3. The van der Waals surface area contributed by atoms with Crippen LogP contribution in [0.2, 0.25) is 5.54 Å². The van der Waals surface area contributed by atoms with Crippen LogP contribution in [0.25, 0.3) is 0 Å². The standard InChI is InChI=1S/C9H23NO2Si/c1-6-7-8-10-13(11-4,12-5)9(2)3/h9-10H,6-8H2,1-5H3. The third-order valence-corrected chi connectivity index (χ3v) is 5.74. The molecule has 0 spiro atoms. The molecular formula is C9H23NO2Si. The Hall–Kier alpha value is 0.0969. The molecule has 0 aromatic heterocycles. The lowest BCUT2D eigenvalue weighted by molar-refractivity contribution is 0.218. The largest absolute Gasteiger partial charge is 0.427 e. The molecule has 3 nitrogen and oxygen atoms in total. The van der Waals surface area contributed by atoms with Crippen LogP contribution in [0, 0.1) is 0 Å². The van der Waals surface area contributed by atoms with Gasteiger partial charge in [0.15, 0.2) is 0 Å². The fourth-order valence-corrected chi connectivity index (χ4v) is 3.67. The van der Waals surface area contributed by atoms with Crippen LogP contribution in [0.3, 0.4) is 0 Å². The molecule has 1 N–H and O–H groups in total. The van der Waals surface area contributed by atoms with E-state index in [4.69, 9.17) is 8.85 Å². The lowest BCUT2D eigenvalue weighted by Gasteiger charge is -2.31. The zero-order chi connectivity index (χ0) is 10.3.